The van der Waals surface area contributed by atoms with Crippen molar-refractivity contribution in [2.45, 2.75) is 19.3 Å². The van der Waals surface area contributed by atoms with E-state index in [1.807, 2.05) is 0 Å². The first-order chi connectivity index (χ1) is 30.0. The van der Waals surface area contributed by atoms with Gasteiger partial charge in [-0.15, -0.1) is 0 Å². The molecule has 1 aliphatic carbocycles. The number of anilines is 3. The molecular formula is C59H42N2. The molecule has 288 valence electrons. The second-order valence-corrected chi connectivity index (χ2v) is 16.9. The number of hydrogen-bond donors (Lipinski definition) is 0. The van der Waals surface area contributed by atoms with Gasteiger partial charge < -0.3 is 9.47 Å². The highest BCUT2D eigenvalue weighted by molar-refractivity contribution is 6.16. The Kier molecular flexibility index (Phi) is 7.92. The van der Waals surface area contributed by atoms with Crippen LogP contribution in [0.15, 0.2) is 218 Å². The number of rotatable bonds is 6. The molecule has 0 aliphatic heterocycles. The summed E-state index contributed by atoms with van der Waals surface area (Å²) in [4.78, 5) is 2.44. The average molecular weight is 779 g/mol. The van der Waals surface area contributed by atoms with Crippen molar-refractivity contribution >= 4 is 60.4 Å². The molecule has 0 N–H and O–H groups in total. The Morgan fingerprint density at radius 3 is 1.89 bits per heavy atom. The molecule has 11 aromatic rings. The lowest BCUT2D eigenvalue weighted by molar-refractivity contribution is 0.660. The Balaban J connectivity index is 1.03. The maximum absolute atomic E-state index is 2.44. The van der Waals surface area contributed by atoms with E-state index in [2.05, 4.69) is 242 Å². The van der Waals surface area contributed by atoms with Gasteiger partial charge in [-0.1, -0.05) is 172 Å². The first-order valence-corrected chi connectivity index (χ1v) is 21.3. The SMILES string of the molecule is CC1(C)c2ccccc2-c2cc(N(c3ccc(-c4cccc5c4ccc4ccccc45)cc3)c3cccc(-c4cccc5c4c4ccccc4n5-c4ccccc4)c3)ccc21. The van der Waals surface area contributed by atoms with E-state index in [1.54, 1.807) is 0 Å². The maximum atomic E-state index is 2.44. The minimum absolute atomic E-state index is 0.0712. The van der Waals surface area contributed by atoms with E-state index in [-0.39, 0.29) is 5.41 Å². The number of benzene rings is 10. The summed E-state index contributed by atoms with van der Waals surface area (Å²) in [6.07, 6.45) is 0. The van der Waals surface area contributed by atoms with E-state index in [0.29, 0.717) is 0 Å². The monoisotopic (exact) mass is 778 g/mol. The molecule has 0 fully saturated rings. The molecule has 0 saturated carbocycles. The van der Waals surface area contributed by atoms with E-state index in [0.717, 1.165) is 22.7 Å². The standard InChI is InChI=1S/C59H42N2/c1-59(2)54-26-10-8-21-51(54)53-38-45(34-36-55(53)59)60(43-32-29-40(30-33-43)47-23-13-25-49-46-20-7-6-15-39(46)31-35-50(47)49)44-19-12-16-41(37-44)48-24-14-28-57-58(48)52-22-9-11-27-56(52)61(57)42-17-4-3-5-18-42/h3-38H,1-2H3. The van der Waals surface area contributed by atoms with Crippen molar-refractivity contribution in [2.24, 2.45) is 0 Å². The number of fused-ring (bicyclic) bond motifs is 9. The Morgan fingerprint density at radius 2 is 1.00 bits per heavy atom. The molecule has 0 saturated heterocycles. The van der Waals surface area contributed by atoms with Gasteiger partial charge in [0.05, 0.1) is 11.0 Å². The van der Waals surface area contributed by atoms with Gasteiger partial charge in [-0.3, -0.25) is 0 Å². The van der Waals surface area contributed by atoms with E-state index in [9.17, 15) is 0 Å². The van der Waals surface area contributed by atoms with E-state index >= 15 is 0 Å². The van der Waals surface area contributed by atoms with E-state index < -0.39 is 0 Å². The van der Waals surface area contributed by atoms with Crippen LogP contribution in [0.3, 0.4) is 0 Å². The van der Waals surface area contributed by atoms with E-state index in [4.69, 9.17) is 0 Å². The van der Waals surface area contributed by atoms with Gasteiger partial charge in [0.1, 0.15) is 0 Å². The van der Waals surface area contributed by atoms with Crippen LogP contribution < -0.4 is 4.90 Å². The molecule has 0 spiro atoms. The van der Waals surface area contributed by atoms with Crippen LogP contribution in [-0.2, 0) is 5.41 Å². The van der Waals surface area contributed by atoms with Crippen LogP contribution in [0, 0.1) is 0 Å². The van der Waals surface area contributed by atoms with Crippen LogP contribution in [0.5, 0.6) is 0 Å². The van der Waals surface area contributed by atoms with Gasteiger partial charge in [0.15, 0.2) is 0 Å². The summed E-state index contributed by atoms with van der Waals surface area (Å²) >= 11 is 0. The van der Waals surface area contributed by atoms with Gasteiger partial charge >= 0.3 is 0 Å². The quantitative estimate of drug-likeness (QED) is 0.153. The molecule has 1 heterocycles. The Labute approximate surface area is 356 Å². The second-order valence-electron chi connectivity index (χ2n) is 16.9. The summed E-state index contributed by atoms with van der Waals surface area (Å²) in [7, 11) is 0. The summed E-state index contributed by atoms with van der Waals surface area (Å²) in [6, 6.07) is 80.4. The molecule has 10 aromatic carbocycles. The number of aromatic nitrogens is 1. The van der Waals surface area contributed by atoms with Crippen LogP contribution in [0.4, 0.5) is 17.1 Å². The third-order valence-electron chi connectivity index (χ3n) is 13.2. The molecule has 0 unspecified atom stereocenters. The second kappa shape index (κ2) is 13.7. The molecule has 61 heavy (non-hydrogen) atoms. The molecule has 1 aromatic heterocycles. The molecule has 0 atom stereocenters. The normalized spacial score (nSPS) is 12.9. The van der Waals surface area contributed by atoms with Crippen molar-refractivity contribution in [3.8, 4) is 39.1 Å². The van der Waals surface area contributed by atoms with Crippen LogP contribution in [0.25, 0.3) is 82.4 Å². The third-order valence-corrected chi connectivity index (χ3v) is 13.2. The Bertz CT molecular complexity index is 3500. The zero-order chi connectivity index (χ0) is 40.7. The van der Waals surface area contributed by atoms with Gasteiger partial charge in [-0.25, -0.2) is 0 Å². The fourth-order valence-corrected chi connectivity index (χ4v) is 10.3. The lowest BCUT2D eigenvalue weighted by Gasteiger charge is -2.28. The molecule has 1 aliphatic rings. The third kappa shape index (κ3) is 5.49. The Hall–Kier alpha value is -7.68. The zero-order valence-corrected chi connectivity index (χ0v) is 34.2. The predicted molar refractivity (Wildman–Crippen MR) is 259 cm³/mol. The van der Waals surface area contributed by atoms with Crippen LogP contribution in [-0.4, -0.2) is 4.57 Å². The van der Waals surface area contributed by atoms with Crippen molar-refractivity contribution in [2.75, 3.05) is 4.90 Å². The Morgan fingerprint density at radius 1 is 0.361 bits per heavy atom. The maximum Gasteiger partial charge on any atom is 0.0547 e. The number of para-hydroxylation sites is 2. The topological polar surface area (TPSA) is 8.17 Å². The molecule has 2 nitrogen and oxygen atoms in total. The molecular weight excluding hydrogens is 737 g/mol. The van der Waals surface area contributed by atoms with Crippen molar-refractivity contribution < 1.29 is 0 Å². The average Bonchev–Trinajstić information content (AvgIpc) is 3.78. The predicted octanol–water partition coefficient (Wildman–Crippen LogP) is 16.2. The highest BCUT2D eigenvalue weighted by Crippen LogP contribution is 2.51. The molecule has 0 bridgehead atoms. The summed E-state index contributed by atoms with van der Waals surface area (Å²) in [5, 5.41) is 7.60. The molecule has 12 rings (SSSR count). The van der Waals surface area contributed by atoms with Crippen LogP contribution in [0.1, 0.15) is 25.0 Å². The van der Waals surface area contributed by atoms with Crippen molar-refractivity contribution in [3.05, 3.63) is 230 Å². The lowest BCUT2D eigenvalue weighted by atomic mass is 9.82. The zero-order valence-electron chi connectivity index (χ0n) is 34.2. The minimum Gasteiger partial charge on any atom is -0.310 e. The van der Waals surface area contributed by atoms with Gasteiger partial charge in [0.2, 0.25) is 0 Å². The highest BCUT2D eigenvalue weighted by Gasteiger charge is 2.35. The first kappa shape index (κ1) is 35.3. The molecule has 2 heteroatoms. The van der Waals surface area contributed by atoms with Crippen molar-refractivity contribution in [1.29, 1.82) is 0 Å². The smallest absolute Gasteiger partial charge is 0.0547 e. The summed E-state index contributed by atoms with van der Waals surface area (Å²) in [5.74, 6) is 0. The lowest BCUT2D eigenvalue weighted by Crippen LogP contribution is -2.15. The molecule has 0 radical (unpaired) electrons. The van der Waals surface area contributed by atoms with Crippen molar-refractivity contribution in [3.63, 3.8) is 0 Å². The van der Waals surface area contributed by atoms with Gasteiger partial charge in [-0.05, 0) is 127 Å². The summed E-state index contributed by atoms with van der Waals surface area (Å²) in [5.41, 5.74) is 17.0. The minimum atomic E-state index is -0.0712. The summed E-state index contributed by atoms with van der Waals surface area (Å²) in [6.45, 7) is 4.70. The largest absolute Gasteiger partial charge is 0.310 e. The fourth-order valence-electron chi connectivity index (χ4n) is 10.3. The number of nitrogens with zero attached hydrogens (tertiary/aromatic N) is 2. The van der Waals surface area contributed by atoms with Crippen molar-refractivity contribution in [1.82, 2.24) is 4.57 Å². The number of hydrogen-bond acceptors (Lipinski definition) is 1. The molecule has 0 amide bonds. The first-order valence-electron chi connectivity index (χ1n) is 21.3. The van der Waals surface area contributed by atoms with Gasteiger partial charge in [-0.2, -0.15) is 0 Å². The summed E-state index contributed by atoms with van der Waals surface area (Å²) < 4.78 is 2.40. The van der Waals surface area contributed by atoms with Gasteiger partial charge in [0, 0.05) is 38.9 Å². The highest BCUT2D eigenvalue weighted by atomic mass is 15.1. The van der Waals surface area contributed by atoms with E-state index in [1.165, 1.54) is 87.9 Å². The van der Waals surface area contributed by atoms with Crippen LogP contribution >= 0.6 is 0 Å². The van der Waals surface area contributed by atoms with Crippen LogP contribution in [0.2, 0.25) is 0 Å². The fraction of sp³-hybridized carbons (Fsp3) is 0.0508. The van der Waals surface area contributed by atoms with Gasteiger partial charge in [0.25, 0.3) is 0 Å².